The number of anilines is 2. The second-order valence-electron chi connectivity index (χ2n) is 9.29. The molecule has 3 heterocycles. The van der Waals surface area contributed by atoms with Crippen LogP contribution >= 0.6 is 11.6 Å². The fourth-order valence-electron chi connectivity index (χ4n) is 4.23. The van der Waals surface area contributed by atoms with Gasteiger partial charge < -0.3 is 14.7 Å². The summed E-state index contributed by atoms with van der Waals surface area (Å²) in [7, 11) is 4.13. The molecule has 0 radical (unpaired) electrons. The van der Waals surface area contributed by atoms with Crippen molar-refractivity contribution in [2.24, 2.45) is 0 Å². The summed E-state index contributed by atoms with van der Waals surface area (Å²) in [6.07, 6.45) is 2.70. The van der Waals surface area contributed by atoms with Gasteiger partial charge in [-0.05, 0) is 57.3 Å². The lowest BCUT2D eigenvalue weighted by atomic mass is 10.0. The second kappa shape index (κ2) is 10.7. The number of halogens is 1. The molecule has 0 unspecified atom stereocenters. The average Bonchev–Trinajstić information content (AvgIpc) is 3.34. The molecule has 194 valence electrons. The van der Waals surface area contributed by atoms with Gasteiger partial charge in [-0.15, -0.1) is 0 Å². The summed E-state index contributed by atoms with van der Waals surface area (Å²) in [4.78, 5) is 29.1. The largest absolute Gasteiger partial charge is 0.339 e. The Labute approximate surface area is 225 Å². The molecular formula is C28H28ClN7O2. The fourth-order valence-corrected chi connectivity index (χ4v) is 4.51. The van der Waals surface area contributed by atoms with Crippen LogP contribution in [0, 0.1) is 6.92 Å². The van der Waals surface area contributed by atoms with Crippen molar-refractivity contribution in [3.8, 4) is 22.5 Å². The topological polar surface area (TPSA) is 102 Å². The minimum Gasteiger partial charge on any atom is -0.339 e. The Hall–Kier alpha value is -4.08. The molecule has 2 aromatic carbocycles. The number of rotatable bonds is 8. The van der Waals surface area contributed by atoms with Gasteiger partial charge in [0.25, 0.3) is 5.56 Å². The Morgan fingerprint density at radius 2 is 1.84 bits per heavy atom. The van der Waals surface area contributed by atoms with Crippen molar-refractivity contribution >= 4 is 34.3 Å². The predicted octanol–water partition coefficient (Wildman–Crippen LogP) is 5.34. The smallest absolute Gasteiger partial charge is 0.260 e. The molecule has 0 amide bonds. The van der Waals surface area contributed by atoms with Gasteiger partial charge in [-0.25, -0.2) is 4.98 Å². The summed E-state index contributed by atoms with van der Waals surface area (Å²) in [5.41, 5.74) is 4.30. The summed E-state index contributed by atoms with van der Waals surface area (Å²) >= 11 is 6.62. The van der Waals surface area contributed by atoms with Gasteiger partial charge in [-0.3, -0.25) is 9.36 Å². The normalized spacial score (nSPS) is 11.4. The number of pyridine rings is 1. The van der Waals surface area contributed by atoms with Gasteiger partial charge in [-0.2, -0.15) is 9.97 Å². The predicted molar refractivity (Wildman–Crippen MR) is 150 cm³/mol. The third-order valence-corrected chi connectivity index (χ3v) is 6.56. The van der Waals surface area contributed by atoms with Crippen LogP contribution in [0.2, 0.25) is 5.02 Å². The van der Waals surface area contributed by atoms with E-state index in [4.69, 9.17) is 16.1 Å². The van der Waals surface area contributed by atoms with E-state index in [-0.39, 0.29) is 5.56 Å². The first-order valence-electron chi connectivity index (χ1n) is 12.3. The van der Waals surface area contributed by atoms with E-state index in [2.05, 4.69) is 56.6 Å². The highest BCUT2D eigenvalue weighted by Crippen LogP contribution is 2.31. The van der Waals surface area contributed by atoms with E-state index in [1.54, 1.807) is 35.9 Å². The van der Waals surface area contributed by atoms with Crippen LogP contribution in [0.25, 0.3) is 33.5 Å². The highest BCUT2D eigenvalue weighted by Gasteiger charge is 2.16. The molecule has 38 heavy (non-hydrogen) atoms. The van der Waals surface area contributed by atoms with Gasteiger partial charge in [0, 0.05) is 59.0 Å². The molecule has 0 saturated heterocycles. The zero-order valence-electron chi connectivity index (χ0n) is 21.7. The number of nitrogens with zero attached hydrogens (tertiary/aromatic N) is 6. The maximum atomic E-state index is 13.5. The van der Waals surface area contributed by atoms with Crippen LogP contribution in [0.15, 0.2) is 64.0 Å². The first-order valence-corrected chi connectivity index (χ1v) is 12.7. The summed E-state index contributed by atoms with van der Waals surface area (Å²) in [5, 5.41) is 8.34. The van der Waals surface area contributed by atoms with Crippen molar-refractivity contribution in [1.82, 2.24) is 29.6 Å². The molecule has 0 aliphatic heterocycles. The molecule has 10 heteroatoms. The van der Waals surface area contributed by atoms with Crippen molar-refractivity contribution in [2.75, 3.05) is 26.0 Å². The Morgan fingerprint density at radius 3 is 2.50 bits per heavy atom. The Morgan fingerprint density at radius 1 is 1.05 bits per heavy atom. The molecule has 0 bridgehead atoms. The molecule has 5 aromatic rings. The highest BCUT2D eigenvalue weighted by molar-refractivity contribution is 6.33. The van der Waals surface area contributed by atoms with Crippen LogP contribution in [-0.4, -0.2) is 50.2 Å². The maximum Gasteiger partial charge on any atom is 0.260 e. The zero-order chi connectivity index (χ0) is 26.8. The fraction of sp³-hybridized carbons (Fsp3) is 0.250. The van der Waals surface area contributed by atoms with Gasteiger partial charge in [0.2, 0.25) is 17.7 Å². The van der Waals surface area contributed by atoms with E-state index in [9.17, 15) is 4.79 Å². The van der Waals surface area contributed by atoms with Crippen LogP contribution in [-0.2, 0) is 13.0 Å². The van der Waals surface area contributed by atoms with Crippen molar-refractivity contribution in [2.45, 2.75) is 26.8 Å². The van der Waals surface area contributed by atoms with Crippen LogP contribution < -0.4 is 10.9 Å². The number of likely N-dealkylation sites (N-methyl/N-ethyl adjacent to an activating group) is 1. The Kier molecular flexibility index (Phi) is 7.22. The van der Waals surface area contributed by atoms with Crippen molar-refractivity contribution < 1.29 is 4.52 Å². The molecule has 0 spiro atoms. The van der Waals surface area contributed by atoms with Gasteiger partial charge in [-0.1, -0.05) is 41.0 Å². The zero-order valence-corrected chi connectivity index (χ0v) is 22.5. The van der Waals surface area contributed by atoms with Crippen molar-refractivity contribution in [3.63, 3.8) is 0 Å². The third-order valence-electron chi connectivity index (χ3n) is 6.25. The van der Waals surface area contributed by atoms with Crippen LogP contribution in [0.3, 0.4) is 0 Å². The Balaban J connectivity index is 1.46. The number of benzene rings is 2. The maximum absolute atomic E-state index is 13.5. The minimum atomic E-state index is -0.181. The molecule has 3 aromatic heterocycles. The highest BCUT2D eigenvalue weighted by atomic mass is 35.5. The van der Waals surface area contributed by atoms with Gasteiger partial charge in [0.05, 0.1) is 0 Å². The monoisotopic (exact) mass is 529 g/mol. The SMILES string of the molecule is CCn1c(=O)c(-c2ccc(-c3noc(C)n3)cc2Cl)cc2cnc(Nc3ccc(CCN(C)C)cc3)nc21. The van der Waals surface area contributed by atoms with Gasteiger partial charge >= 0.3 is 0 Å². The number of nitrogens with one attached hydrogen (secondary N) is 1. The van der Waals surface area contributed by atoms with E-state index in [1.807, 2.05) is 25.1 Å². The molecule has 0 atom stereocenters. The van der Waals surface area contributed by atoms with Crippen molar-refractivity contribution in [3.05, 3.63) is 81.6 Å². The van der Waals surface area contributed by atoms with Crippen LogP contribution in [0.1, 0.15) is 18.4 Å². The minimum absolute atomic E-state index is 0.181. The quantitative estimate of drug-likeness (QED) is 0.287. The van der Waals surface area contributed by atoms with Crippen molar-refractivity contribution in [1.29, 1.82) is 0 Å². The number of hydrogen-bond acceptors (Lipinski definition) is 8. The molecule has 0 aliphatic rings. The summed E-state index contributed by atoms with van der Waals surface area (Å²) < 4.78 is 6.70. The lowest BCUT2D eigenvalue weighted by Crippen LogP contribution is -2.22. The summed E-state index contributed by atoms with van der Waals surface area (Å²) in [6.45, 7) is 5.07. The van der Waals surface area contributed by atoms with Gasteiger partial charge in [0.15, 0.2) is 0 Å². The van der Waals surface area contributed by atoms with E-state index in [0.717, 1.165) is 24.0 Å². The molecule has 0 aliphatic carbocycles. The van der Waals surface area contributed by atoms with E-state index in [1.165, 1.54) is 5.56 Å². The van der Waals surface area contributed by atoms with Crippen LogP contribution in [0.4, 0.5) is 11.6 Å². The first kappa shape index (κ1) is 25.6. The van der Waals surface area contributed by atoms with E-state index >= 15 is 0 Å². The molecule has 5 rings (SSSR count). The lowest BCUT2D eigenvalue weighted by molar-refractivity contribution is 0.394. The number of aryl methyl sites for hydroxylation is 2. The Bertz CT molecular complexity index is 1660. The van der Waals surface area contributed by atoms with E-state index < -0.39 is 0 Å². The summed E-state index contributed by atoms with van der Waals surface area (Å²) in [5.74, 6) is 1.33. The van der Waals surface area contributed by atoms with Gasteiger partial charge in [0.1, 0.15) is 5.65 Å². The first-order chi connectivity index (χ1) is 18.3. The molecule has 1 N–H and O–H groups in total. The average molecular weight is 530 g/mol. The standard InChI is InChI=1S/C28H28ClN7O2/c1-5-36-26-20(16-30-28(33-26)32-21-9-6-18(7-10-21)12-13-35(3)4)14-23(27(36)37)22-11-8-19(15-24(22)29)25-31-17(2)38-34-25/h6-11,14-16H,5,12-13H2,1-4H3,(H,30,32,33). The second-order valence-corrected chi connectivity index (χ2v) is 9.69. The number of aromatic nitrogens is 5. The molecule has 0 saturated carbocycles. The summed E-state index contributed by atoms with van der Waals surface area (Å²) in [6, 6.07) is 15.3. The number of fused-ring (bicyclic) bond motifs is 1. The van der Waals surface area contributed by atoms with E-state index in [0.29, 0.717) is 51.6 Å². The molecule has 0 fully saturated rings. The number of hydrogen-bond donors (Lipinski definition) is 1. The lowest BCUT2D eigenvalue weighted by Gasteiger charge is -2.13. The third kappa shape index (κ3) is 5.29. The molecular weight excluding hydrogens is 502 g/mol. The van der Waals surface area contributed by atoms with Crippen LogP contribution in [0.5, 0.6) is 0 Å². The molecule has 9 nitrogen and oxygen atoms in total.